The molecule has 0 aliphatic heterocycles. The third-order valence-corrected chi connectivity index (χ3v) is 2.99. The number of rotatable bonds is 3. The second-order valence-electron chi connectivity index (χ2n) is 4.26. The van der Waals surface area contributed by atoms with Crippen molar-refractivity contribution in [1.29, 1.82) is 5.26 Å². The van der Waals surface area contributed by atoms with Crippen LogP contribution in [0, 0.1) is 25.2 Å². The lowest BCUT2D eigenvalue weighted by Gasteiger charge is -2.12. The van der Waals surface area contributed by atoms with Gasteiger partial charge in [-0.25, -0.2) is 0 Å². The minimum Gasteiger partial charge on any atom is -0.380 e. The van der Waals surface area contributed by atoms with Gasteiger partial charge in [0.25, 0.3) is 0 Å². The number of aromatic nitrogens is 1. The van der Waals surface area contributed by atoms with Crippen molar-refractivity contribution in [2.45, 2.75) is 20.4 Å². The van der Waals surface area contributed by atoms with Gasteiger partial charge >= 0.3 is 0 Å². The van der Waals surface area contributed by atoms with E-state index in [1.165, 1.54) is 5.56 Å². The highest BCUT2D eigenvalue weighted by Gasteiger charge is 2.05. The molecule has 0 fully saturated rings. The quantitative estimate of drug-likeness (QED) is 0.891. The zero-order chi connectivity index (χ0) is 13.0. The van der Waals surface area contributed by atoms with Gasteiger partial charge in [-0.3, -0.25) is 4.98 Å². The predicted octanol–water partition coefficient (Wildman–Crippen LogP) is 3.18. The van der Waals surface area contributed by atoms with Crippen molar-refractivity contribution in [3.8, 4) is 6.07 Å². The molecule has 1 aromatic heterocycles. The second-order valence-corrected chi connectivity index (χ2v) is 4.26. The minimum atomic E-state index is 0.682. The van der Waals surface area contributed by atoms with Crippen LogP contribution in [0.3, 0.4) is 0 Å². The van der Waals surface area contributed by atoms with Gasteiger partial charge in [-0.1, -0.05) is 12.1 Å². The number of hydrogen-bond acceptors (Lipinski definition) is 3. The van der Waals surface area contributed by atoms with E-state index in [0.717, 1.165) is 16.8 Å². The Morgan fingerprint density at radius 2 is 2.06 bits per heavy atom. The molecule has 0 atom stereocenters. The van der Waals surface area contributed by atoms with Crippen molar-refractivity contribution < 1.29 is 0 Å². The Morgan fingerprint density at radius 1 is 1.22 bits per heavy atom. The molecule has 0 aliphatic carbocycles. The number of nitrogens with zero attached hydrogens (tertiary/aromatic N) is 2. The maximum absolute atomic E-state index is 9.09. The van der Waals surface area contributed by atoms with Crippen molar-refractivity contribution in [2.75, 3.05) is 5.32 Å². The Hall–Kier alpha value is -2.34. The van der Waals surface area contributed by atoms with Gasteiger partial charge in [0.1, 0.15) is 6.07 Å². The van der Waals surface area contributed by atoms with Crippen LogP contribution in [0.2, 0.25) is 0 Å². The number of hydrogen-bond donors (Lipinski definition) is 1. The number of pyridine rings is 1. The Bertz CT molecular complexity index is 597. The Morgan fingerprint density at radius 3 is 2.78 bits per heavy atom. The van der Waals surface area contributed by atoms with Gasteiger partial charge in [0, 0.05) is 18.9 Å². The first kappa shape index (κ1) is 12.1. The lowest BCUT2D eigenvalue weighted by atomic mass is 10.1. The van der Waals surface area contributed by atoms with Crippen LogP contribution in [-0.2, 0) is 6.54 Å². The summed E-state index contributed by atoms with van der Waals surface area (Å²) in [5.41, 5.74) is 5.02. The fraction of sp³-hybridized carbons (Fsp3) is 0.200. The molecule has 1 aromatic carbocycles. The van der Waals surface area contributed by atoms with E-state index in [-0.39, 0.29) is 0 Å². The van der Waals surface area contributed by atoms with Gasteiger partial charge < -0.3 is 5.32 Å². The number of para-hydroxylation sites is 1. The van der Waals surface area contributed by atoms with Crippen LogP contribution in [0.15, 0.2) is 36.7 Å². The van der Waals surface area contributed by atoms with Gasteiger partial charge in [-0.05, 0) is 42.7 Å². The van der Waals surface area contributed by atoms with Crippen molar-refractivity contribution in [3.05, 3.63) is 58.9 Å². The van der Waals surface area contributed by atoms with Crippen molar-refractivity contribution in [3.63, 3.8) is 0 Å². The normalized spacial score (nSPS) is 9.83. The van der Waals surface area contributed by atoms with E-state index in [1.54, 1.807) is 6.20 Å². The Labute approximate surface area is 107 Å². The summed E-state index contributed by atoms with van der Waals surface area (Å²) in [6, 6.07) is 9.94. The highest BCUT2D eigenvalue weighted by Crippen LogP contribution is 2.20. The summed E-state index contributed by atoms with van der Waals surface area (Å²) >= 11 is 0. The molecule has 0 radical (unpaired) electrons. The van der Waals surface area contributed by atoms with E-state index in [2.05, 4.69) is 16.4 Å². The lowest BCUT2D eigenvalue weighted by Crippen LogP contribution is -2.04. The summed E-state index contributed by atoms with van der Waals surface area (Å²) < 4.78 is 0. The first-order chi connectivity index (χ1) is 8.72. The van der Waals surface area contributed by atoms with Gasteiger partial charge in [-0.15, -0.1) is 0 Å². The molecule has 0 aliphatic rings. The van der Waals surface area contributed by atoms with Crippen LogP contribution in [0.5, 0.6) is 0 Å². The summed E-state index contributed by atoms with van der Waals surface area (Å²) in [4.78, 5) is 4.07. The molecule has 0 bridgehead atoms. The fourth-order valence-corrected chi connectivity index (χ4v) is 1.88. The van der Waals surface area contributed by atoms with Crippen LogP contribution in [0.25, 0.3) is 0 Å². The third kappa shape index (κ3) is 2.49. The summed E-state index contributed by atoms with van der Waals surface area (Å²) in [5.74, 6) is 0. The summed E-state index contributed by atoms with van der Waals surface area (Å²) in [7, 11) is 0. The van der Waals surface area contributed by atoms with E-state index in [9.17, 15) is 0 Å². The standard InChI is InChI=1S/C15H15N3/c1-11-4-3-5-13(8-16)15(11)18-10-14-6-7-17-9-12(14)2/h3-7,9,18H,10H2,1-2H3. The molecule has 18 heavy (non-hydrogen) atoms. The topological polar surface area (TPSA) is 48.7 Å². The van der Waals surface area contributed by atoms with E-state index in [4.69, 9.17) is 5.26 Å². The summed E-state index contributed by atoms with van der Waals surface area (Å²) in [6.07, 6.45) is 3.63. The van der Waals surface area contributed by atoms with E-state index >= 15 is 0 Å². The number of nitrogens with one attached hydrogen (secondary N) is 1. The van der Waals surface area contributed by atoms with Crippen LogP contribution in [0.1, 0.15) is 22.3 Å². The predicted molar refractivity (Wildman–Crippen MR) is 72.2 cm³/mol. The first-order valence-electron chi connectivity index (χ1n) is 5.85. The molecule has 3 nitrogen and oxygen atoms in total. The van der Waals surface area contributed by atoms with Gasteiger partial charge in [0.15, 0.2) is 0 Å². The number of aryl methyl sites for hydroxylation is 2. The van der Waals surface area contributed by atoms with E-state index in [1.807, 2.05) is 44.3 Å². The van der Waals surface area contributed by atoms with Gasteiger partial charge in [-0.2, -0.15) is 5.26 Å². The van der Waals surface area contributed by atoms with Crippen molar-refractivity contribution >= 4 is 5.69 Å². The van der Waals surface area contributed by atoms with Gasteiger partial charge in [0.2, 0.25) is 0 Å². The summed E-state index contributed by atoms with van der Waals surface area (Å²) in [6.45, 7) is 4.74. The molecule has 0 spiro atoms. The largest absolute Gasteiger partial charge is 0.380 e. The van der Waals surface area contributed by atoms with Crippen molar-refractivity contribution in [1.82, 2.24) is 4.98 Å². The fourth-order valence-electron chi connectivity index (χ4n) is 1.88. The van der Waals surface area contributed by atoms with Crippen LogP contribution in [0.4, 0.5) is 5.69 Å². The second kappa shape index (κ2) is 5.33. The molecule has 2 aromatic rings. The molecule has 90 valence electrons. The maximum atomic E-state index is 9.09. The average molecular weight is 237 g/mol. The van der Waals surface area contributed by atoms with Crippen LogP contribution >= 0.6 is 0 Å². The maximum Gasteiger partial charge on any atom is 0.101 e. The monoisotopic (exact) mass is 237 g/mol. The number of benzene rings is 1. The molecule has 0 saturated heterocycles. The van der Waals surface area contributed by atoms with E-state index < -0.39 is 0 Å². The number of anilines is 1. The smallest absolute Gasteiger partial charge is 0.101 e. The first-order valence-corrected chi connectivity index (χ1v) is 5.85. The zero-order valence-electron chi connectivity index (χ0n) is 10.6. The molecule has 0 amide bonds. The van der Waals surface area contributed by atoms with Crippen LogP contribution in [-0.4, -0.2) is 4.98 Å². The molecule has 0 unspecified atom stereocenters. The number of nitriles is 1. The molecule has 1 heterocycles. The Kier molecular flexibility index (Phi) is 3.59. The Balaban J connectivity index is 2.22. The lowest BCUT2D eigenvalue weighted by molar-refractivity contribution is 1.08. The molecule has 3 heteroatoms. The molecule has 1 N–H and O–H groups in total. The van der Waals surface area contributed by atoms with Crippen molar-refractivity contribution in [2.24, 2.45) is 0 Å². The molecular formula is C15H15N3. The molecule has 0 saturated carbocycles. The minimum absolute atomic E-state index is 0.682. The zero-order valence-corrected chi connectivity index (χ0v) is 10.6. The SMILES string of the molecule is Cc1cnccc1CNc1c(C)cccc1C#N. The van der Waals surface area contributed by atoms with Crippen LogP contribution < -0.4 is 5.32 Å². The highest BCUT2D eigenvalue weighted by molar-refractivity contribution is 5.62. The van der Waals surface area contributed by atoms with Gasteiger partial charge in [0.05, 0.1) is 11.3 Å². The molecule has 2 rings (SSSR count). The van der Waals surface area contributed by atoms with E-state index in [0.29, 0.717) is 12.1 Å². The molecular weight excluding hydrogens is 222 g/mol. The third-order valence-electron chi connectivity index (χ3n) is 2.99. The highest BCUT2D eigenvalue weighted by atomic mass is 14.9. The average Bonchev–Trinajstić information content (AvgIpc) is 2.39. The summed E-state index contributed by atoms with van der Waals surface area (Å²) in [5, 5.41) is 12.4.